The quantitative estimate of drug-likeness (QED) is 0.780. The Labute approximate surface area is 126 Å². The number of carbonyl (C=O) groups is 1. The zero-order chi connectivity index (χ0) is 15.2. The number of ether oxygens (including phenoxy) is 2. The third-order valence-electron chi connectivity index (χ3n) is 3.63. The summed E-state index contributed by atoms with van der Waals surface area (Å²) in [7, 11) is 1.68. The van der Waals surface area contributed by atoms with Gasteiger partial charge in [-0.2, -0.15) is 0 Å². The number of nitrogens with zero attached hydrogens (tertiary/aromatic N) is 1. The first-order valence-corrected chi connectivity index (χ1v) is 7.45. The molecule has 0 aromatic heterocycles. The Balaban J connectivity index is 2.09. The highest BCUT2D eigenvalue weighted by molar-refractivity contribution is 5.84. The van der Waals surface area contributed by atoms with Crippen molar-refractivity contribution < 1.29 is 14.3 Å². The van der Waals surface area contributed by atoms with Gasteiger partial charge in [-0.3, -0.25) is 10.1 Å². The number of hydrogen-bond donors (Lipinski definition) is 1. The van der Waals surface area contributed by atoms with Crippen LogP contribution in [0.15, 0.2) is 24.3 Å². The fraction of sp³-hybridized carbons (Fsp3) is 0.562. The number of amides is 1. The molecule has 2 atom stereocenters. The van der Waals surface area contributed by atoms with Crippen LogP contribution in [0.25, 0.3) is 0 Å². The van der Waals surface area contributed by atoms with Crippen LogP contribution in [-0.2, 0) is 9.53 Å². The molecule has 0 radical (unpaired) electrons. The van der Waals surface area contributed by atoms with E-state index >= 15 is 0 Å². The molecule has 1 fully saturated rings. The number of rotatable bonds is 7. The van der Waals surface area contributed by atoms with Crippen LogP contribution in [0.5, 0.6) is 5.75 Å². The molecule has 1 aromatic carbocycles. The van der Waals surface area contributed by atoms with Gasteiger partial charge in [-0.05, 0) is 38.0 Å². The summed E-state index contributed by atoms with van der Waals surface area (Å²) in [5.74, 6) is 0.995. The molecule has 1 saturated heterocycles. The molecule has 1 N–H and O–H groups in total. The minimum Gasteiger partial charge on any atom is -0.494 e. The molecule has 5 heteroatoms. The lowest BCUT2D eigenvalue weighted by Gasteiger charge is -2.24. The van der Waals surface area contributed by atoms with Crippen molar-refractivity contribution in [2.45, 2.75) is 32.5 Å². The van der Waals surface area contributed by atoms with E-state index in [4.69, 9.17) is 9.47 Å². The maximum Gasteiger partial charge on any atom is 0.241 e. The molecule has 1 amide bonds. The van der Waals surface area contributed by atoms with Crippen molar-refractivity contribution in [1.29, 1.82) is 0 Å². The lowest BCUT2D eigenvalue weighted by molar-refractivity contribution is -0.130. The molecule has 2 rings (SSSR count). The number of hydrogen-bond acceptors (Lipinski definition) is 4. The second-order valence-electron chi connectivity index (χ2n) is 5.17. The molecule has 1 aromatic rings. The standard InChI is InChI=1S/C16H24N2O3/c1-4-21-14-8-6-13(7-9-14)15-17-12(2)16(19)18(15)10-5-11-20-3/h6-9,12,15,17H,4-5,10-11H2,1-3H3. The number of methoxy groups -OCH3 is 1. The van der Waals surface area contributed by atoms with Crippen LogP contribution in [0.4, 0.5) is 0 Å². The summed E-state index contributed by atoms with van der Waals surface area (Å²) in [5.41, 5.74) is 1.08. The van der Waals surface area contributed by atoms with Gasteiger partial charge in [0.2, 0.25) is 5.91 Å². The van der Waals surface area contributed by atoms with Crippen molar-refractivity contribution >= 4 is 5.91 Å². The topological polar surface area (TPSA) is 50.8 Å². The van der Waals surface area contributed by atoms with E-state index in [9.17, 15) is 4.79 Å². The fourth-order valence-corrected chi connectivity index (χ4v) is 2.58. The third-order valence-corrected chi connectivity index (χ3v) is 3.63. The van der Waals surface area contributed by atoms with Gasteiger partial charge in [0.25, 0.3) is 0 Å². The van der Waals surface area contributed by atoms with Crippen LogP contribution in [0.1, 0.15) is 32.0 Å². The Bertz CT molecular complexity index is 461. The minimum atomic E-state index is -0.149. The molecule has 2 unspecified atom stereocenters. The van der Waals surface area contributed by atoms with E-state index in [0.29, 0.717) is 19.8 Å². The SMILES string of the molecule is CCOc1ccc(C2NC(C)C(=O)N2CCCOC)cc1. The Morgan fingerprint density at radius 3 is 2.62 bits per heavy atom. The monoisotopic (exact) mass is 292 g/mol. The van der Waals surface area contributed by atoms with Crippen LogP contribution in [0, 0.1) is 0 Å². The Morgan fingerprint density at radius 1 is 1.29 bits per heavy atom. The van der Waals surface area contributed by atoms with Gasteiger partial charge < -0.3 is 14.4 Å². The van der Waals surface area contributed by atoms with E-state index in [2.05, 4.69) is 5.32 Å². The molecular formula is C16H24N2O3. The maximum absolute atomic E-state index is 12.3. The highest BCUT2D eigenvalue weighted by atomic mass is 16.5. The normalized spacial score (nSPS) is 21.9. The average molecular weight is 292 g/mol. The van der Waals surface area contributed by atoms with Crippen LogP contribution in [-0.4, -0.2) is 43.7 Å². The second kappa shape index (κ2) is 7.43. The van der Waals surface area contributed by atoms with Crippen LogP contribution >= 0.6 is 0 Å². The van der Waals surface area contributed by atoms with Crippen molar-refractivity contribution in [2.24, 2.45) is 0 Å². The maximum atomic E-state index is 12.3. The third kappa shape index (κ3) is 3.74. The van der Waals surface area contributed by atoms with Gasteiger partial charge in [-0.25, -0.2) is 0 Å². The van der Waals surface area contributed by atoms with Crippen molar-refractivity contribution in [3.63, 3.8) is 0 Å². The minimum absolute atomic E-state index is 0.0694. The highest BCUT2D eigenvalue weighted by Crippen LogP contribution is 2.27. The predicted molar refractivity (Wildman–Crippen MR) is 81.2 cm³/mol. The first-order chi connectivity index (χ1) is 10.2. The average Bonchev–Trinajstić information content (AvgIpc) is 2.77. The predicted octanol–water partition coefficient (Wildman–Crippen LogP) is 1.94. The van der Waals surface area contributed by atoms with Crippen LogP contribution < -0.4 is 10.1 Å². The molecular weight excluding hydrogens is 268 g/mol. The summed E-state index contributed by atoms with van der Waals surface area (Å²) in [6, 6.07) is 7.76. The molecule has 0 bridgehead atoms. The Morgan fingerprint density at radius 2 is 2.00 bits per heavy atom. The molecule has 1 heterocycles. The first-order valence-electron chi connectivity index (χ1n) is 7.45. The molecule has 116 valence electrons. The van der Waals surface area contributed by atoms with Crippen molar-refractivity contribution in [1.82, 2.24) is 10.2 Å². The van der Waals surface area contributed by atoms with Crippen LogP contribution in [0.3, 0.4) is 0 Å². The van der Waals surface area contributed by atoms with E-state index < -0.39 is 0 Å². The summed E-state index contributed by atoms with van der Waals surface area (Å²) in [6.45, 7) is 5.88. The van der Waals surface area contributed by atoms with Crippen molar-refractivity contribution in [3.05, 3.63) is 29.8 Å². The Hall–Kier alpha value is -1.59. The smallest absolute Gasteiger partial charge is 0.241 e. The second-order valence-corrected chi connectivity index (χ2v) is 5.17. The van der Waals surface area contributed by atoms with Gasteiger partial charge in [-0.1, -0.05) is 12.1 Å². The summed E-state index contributed by atoms with van der Waals surface area (Å²) in [5, 5.41) is 3.34. The fourth-order valence-electron chi connectivity index (χ4n) is 2.58. The highest BCUT2D eigenvalue weighted by Gasteiger charge is 2.36. The molecule has 0 aliphatic carbocycles. The summed E-state index contributed by atoms with van der Waals surface area (Å²) < 4.78 is 10.5. The van der Waals surface area contributed by atoms with Crippen molar-refractivity contribution in [3.8, 4) is 5.75 Å². The molecule has 1 aliphatic rings. The van der Waals surface area contributed by atoms with Gasteiger partial charge in [-0.15, -0.1) is 0 Å². The largest absolute Gasteiger partial charge is 0.494 e. The molecule has 1 aliphatic heterocycles. The van der Waals surface area contributed by atoms with Gasteiger partial charge in [0, 0.05) is 20.3 Å². The molecule has 5 nitrogen and oxygen atoms in total. The summed E-state index contributed by atoms with van der Waals surface area (Å²) in [4.78, 5) is 14.1. The van der Waals surface area contributed by atoms with Crippen LogP contribution in [0.2, 0.25) is 0 Å². The molecule has 0 saturated carbocycles. The lowest BCUT2D eigenvalue weighted by Crippen LogP contribution is -2.32. The van der Waals surface area contributed by atoms with E-state index in [1.54, 1.807) is 7.11 Å². The number of carbonyl (C=O) groups excluding carboxylic acids is 1. The van der Waals surface area contributed by atoms with Gasteiger partial charge >= 0.3 is 0 Å². The zero-order valence-electron chi connectivity index (χ0n) is 13.0. The number of benzene rings is 1. The molecule has 0 spiro atoms. The summed E-state index contributed by atoms with van der Waals surface area (Å²) in [6.07, 6.45) is 0.768. The summed E-state index contributed by atoms with van der Waals surface area (Å²) >= 11 is 0. The van der Waals surface area contributed by atoms with Crippen molar-refractivity contribution in [2.75, 3.05) is 26.9 Å². The van der Waals surface area contributed by atoms with Gasteiger partial charge in [0.1, 0.15) is 11.9 Å². The van der Waals surface area contributed by atoms with Gasteiger partial charge in [0.05, 0.1) is 12.6 Å². The Kier molecular flexibility index (Phi) is 5.59. The lowest BCUT2D eigenvalue weighted by atomic mass is 10.1. The molecule has 21 heavy (non-hydrogen) atoms. The first kappa shape index (κ1) is 15.8. The number of nitrogens with one attached hydrogen (secondary N) is 1. The zero-order valence-corrected chi connectivity index (χ0v) is 13.0. The van der Waals surface area contributed by atoms with E-state index in [1.165, 1.54) is 0 Å². The van der Waals surface area contributed by atoms with E-state index in [-0.39, 0.29) is 18.1 Å². The van der Waals surface area contributed by atoms with E-state index in [0.717, 1.165) is 17.7 Å². The van der Waals surface area contributed by atoms with Gasteiger partial charge in [0.15, 0.2) is 0 Å². The van der Waals surface area contributed by atoms with E-state index in [1.807, 2.05) is 43.0 Å².